The van der Waals surface area contributed by atoms with Gasteiger partial charge in [-0.2, -0.15) is 0 Å². The number of hydrogen-bond donors (Lipinski definition) is 1. The largest absolute Gasteiger partial charge is 0.493 e. The van der Waals surface area contributed by atoms with Crippen molar-refractivity contribution in [3.05, 3.63) is 59.4 Å². The highest BCUT2D eigenvalue weighted by molar-refractivity contribution is 7.99. The van der Waals surface area contributed by atoms with Gasteiger partial charge in [0.05, 0.1) is 12.9 Å². The molecule has 1 N–H and O–H groups in total. The van der Waals surface area contributed by atoms with Crippen molar-refractivity contribution in [2.45, 2.75) is 25.2 Å². The van der Waals surface area contributed by atoms with Crippen LogP contribution in [0.25, 0.3) is 0 Å². The first kappa shape index (κ1) is 21.0. The van der Waals surface area contributed by atoms with E-state index in [-0.39, 0.29) is 18.3 Å². The summed E-state index contributed by atoms with van der Waals surface area (Å²) >= 11 is 7.26. The van der Waals surface area contributed by atoms with E-state index >= 15 is 0 Å². The Kier molecular flexibility index (Phi) is 7.37. The molecule has 0 aliphatic rings. The van der Waals surface area contributed by atoms with Crippen molar-refractivity contribution < 1.29 is 14.3 Å². The predicted octanol–water partition coefficient (Wildman–Crippen LogP) is 4.27. The number of ether oxygens (including phenoxy) is 2. The van der Waals surface area contributed by atoms with E-state index in [1.54, 1.807) is 31.4 Å². The smallest absolute Gasteiger partial charge is 0.234 e. The van der Waals surface area contributed by atoms with Gasteiger partial charge in [-0.1, -0.05) is 41.6 Å². The summed E-state index contributed by atoms with van der Waals surface area (Å²) in [4.78, 5) is 12.2. The molecule has 0 saturated heterocycles. The van der Waals surface area contributed by atoms with Crippen LogP contribution in [0, 0.1) is 0 Å². The molecule has 0 atom stereocenters. The molecule has 9 heteroatoms. The van der Waals surface area contributed by atoms with E-state index in [0.717, 1.165) is 0 Å². The van der Waals surface area contributed by atoms with Crippen molar-refractivity contribution in [3.8, 4) is 11.5 Å². The van der Waals surface area contributed by atoms with Gasteiger partial charge >= 0.3 is 0 Å². The van der Waals surface area contributed by atoms with Gasteiger partial charge in [0.15, 0.2) is 22.5 Å². The molecular formula is C20H21ClN4O3S. The summed E-state index contributed by atoms with van der Waals surface area (Å²) < 4.78 is 13.1. The Balaban J connectivity index is 1.59. The zero-order valence-electron chi connectivity index (χ0n) is 16.1. The van der Waals surface area contributed by atoms with Crippen molar-refractivity contribution in [1.82, 2.24) is 14.8 Å². The van der Waals surface area contributed by atoms with Crippen molar-refractivity contribution in [2.24, 2.45) is 0 Å². The Morgan fingerprint density at radius 1 is 1.17 bits per heavy atom. The van der Waals surface area contributed by atoms with Crippen LogP contribution in [-0.2, 0) is 17.9 Å². The van der Waals surface area contributed by atoms with Gasteiger partial charge in [0, 0.05) is 17.3 Å². The first-order valence-electron chi connectivity index (χ1n) is 8.96. The van der Waals surface area contributed by atoms with Gasteiger partial charge < -0.3 is 19.4 Å². The Bertz CT molecular complexity index is 980. The third-order valence-electron chi connectivity index (χ3n) is 3.98. The van der Waals surface area contributed by atoms with Crippen LogP contribution >= 0.6 is 23.4 Å². The fraction of sp³-hybridized carbons (Fsp3) is 0.250. The molecule has 3 rings (SSSR count). The zero-order valence-corrected chi connectivity index (χ0v) is 17.7. The summed E-state index contributed by atoms with van der Waals surface area (Å²) in [6, 6.07) is 14.5. The lowest BCUT2D eigenvalue weighted by Crippen LogP contribution is -2.15. The summed E-state index contributed by atoms with van der Waals surface area (Å²) in [6.07, 6.45) is 0. The lowest BCUT2D eigenvalue weighted by molar-refractivity contribution is -0.113. The SMILES string of the molecule is CCn1c(COc2ccccc2OC)nnc1SCC(=O)Nc1cccc(Cl)c1. The van der Waals surface area contributed by atoms with Crippen LogP contribution in [0.15, 0.2) is 53.7 Å². The van der Waals surface area contributed by atoms with E-state index in [1.165, 1.54) is 11.8 Å². The van der Waals surface area contributed by atoms with Gasteiger partial charge in [-0.15, -0.1) is 10.2 Å². The molecule has 0 bridgehead atoms. The highest BCUT2D eigenvalue weighted by Crippen LogP contribution is 2.27. The number of rotatable bonds is 9. The third-order valence-corrected chi connectivity index (χ3v) is 5.18. The maximum Gasteiger partial charge on any atom is 0.234 e. The molecule has 0 unspecified atom stereocenters. The Morgan fingerprint density at radius 3 is 2.69 bits per heavy atom. The number of para-hydroxylation sites is 2. The minimum absolute atomic E-state index is 0.144. The number of nitrogens with one attached hydrogen (secondary N) is 1. The van der Waals surface area contributed by atoms with Crippen molar-refractivity contribution in [3.63, 3.8) is 0 Å². The van der Waals surface area contributed by atoms with E-state index in [9.17, 15) is 4.79 Å². The van der Waals surface area contributed by atoms with Crippen LogP contribution in [0.4, 0.5) is 5.69 Å². The van der Waals surface area contributed by atoms with Gasteiger partial charge in [0.1, 0.15) is 6.61 Å². The van der Waals surface area contributed by atoms with Crippen LogP contribution in [0.1, 0.15) is 12.7 Å². The highest BCUT2D eigenvalue weighted by Gasteiger charge is 2.14. The first-order valence-corrected chi connectivity index (χ1v) is 10.3. The number of benzene rings is 2. The van der Waals surface area contributed by atoms with Crippen LogP contribution in [0.5, 0.6) is 11.5 Å². The minimum atomic E-state index is -0.144. The maximum atomic E-state index is 12.2. The molecular weight excluding hydrogens is 412 g/mol. The van der Waals surface area contributed by atoms with E-state index < -0.39 is 0 Å². The maximum absolute atomic E-state index is 12.2. The molecule has 0 saturated carbocycles. The molecule has 2 aromatic carbocycles. The average Bonchev–Trinajstić information content (AvgIpc) is 3.12. The predicted molar refractivity (Wildman–Crippen MR) is 114 cm³/mol. The van der Waals surface area contributed by atoms with Crippen LogP contribution in [-0.4, -0.2) is 33.5 Å². The van der Waals surface area contributed by atoms with Crippen molar-refractivity contribution in [1.29, 1.82) is 0 Å². The number of amides is 1. The number of aromatic nitrogens is 3. The lowest BCUT2D eigenvalue weighted by atomic mass is 10.3. The van der Waals surface area contributed by atoms with E-state index in [2.05, 4.69) is 15.5 Å². The average molecular weight is 433 g/mol. The second-order valence-corrected chi connectivity index (χ2v) is 7.31. The summed E-state index contributed by atoms with van der Waals surface area (Å²) in [5.74, 6) is 2.03. The Hall–Kier alpha value is -2.71. The zero-order chi connectivity index (χ0) is 20.6. The number of carbonyl (C=O) groups is 1. The Morgan fingerprint density at radius 2 is 1.97 bits per heavy atom. The number of nitrogens with zero attached hydrogens (tertiary/aromatic N) is 3. The molecule has 0 radical (unpaired) electrons. The number of thioether (sulfide) groups is 1. The molecule has 0 fully saturated rings. The lowest BCUT2D eigenvalue weighted by Gasteiger charge is -2.11. The fourth-order valence-electron chi connectivity index (χ4n) is 2.62. The summed E-state index contributed by atoms with van der Waals surface area (Å²) in [6.45, 7) is 2.90. The normalized spacial score (nSPS) is 10.6. The van der Waals surface area contributed by atoms with Gasteiger partial charge in [-0.25, -0.2) is 0 Å². The number of carbonyl (C=O) groups excluding carboxylic acids is 1. The number of methoxy groups -OCH3 is 1. The molecule has 0 aliphatic heterocycles. The van der Waals surface area contributed by atoms with Gasteiger partial charge in [0.2, 0.25) is 5.91 Å². The molecule has 0 aliphatic carbocycles. The number of hydrogen-bond acceptors (Lipinski definition) is 6. The first-order chi connectivity index (χ1) is 14.1. The van der Waals surface area contributed by atoms with Gasteiger partial charge in [-0.05, 0) is 37.3 Å². The fourth-order valence-corrected chi connectivity index (χ4v) is 3.64. The number of anilines is 1. The molecule has 7 nitrogen and oxygen atoms in total. The van der Waals surface area contributed by atoms with E-state index in [4.69, 9.17) is 21.1 Å². The molecule has 29 heavy (non-hydrogen) atoms. The van der Waals surface area contributed by atoms with Crippen molar-refractivity contribution >= 4 is 35.0 Å². The molecule has 152 valence electrons. The van der Waals surface area contributed by atoms with Gasteiger partial charge in [-0.3, -0.25) is 4.79 Å². The summed E-state index contributed by atoms with van der Waals surface area (Å²) in [5, 5.41) is 12.5. The third kappa shape index (κ3) is 5.65. The van der Waals surface area contributed by atoms with Crippen LogP contribution in [0.3, 0.4) is 0 Å². The minimum Gasteiger partial charge on any atom is -0.493 e. The highest BCUT2D eigenvalue weighted by atomic mass is 35.5. The molecule has 3 aromatic rings. The molecule has 0 spiro atoms. The topological polar surface area (TPSA) is 78.3 Å². The molecule has 1 aromatic heterocycles. The second kappa shape index (κ2) is 10.2. The number of halogens is 1. The van der Waals surface area contributed by atoms with E-state index in [1.807, 2.05) is 35.8 Å². The standard InChI is InChI=1S/C20H21ClN4O3S/c1-3-25-18(12-28-17-10-5-4-9-16(17)27-2)23-24-20(25)29-13-19(26)22-15-8-6-7-14(21)11-15/h4-11H,3,12-13H2,1-2H3,(H,22,26). The van der Waals surface area contributed by atoms with E-state index in [0.29, 0.717) is 39.7 Å². The summed E-state index contributed by atoms with van der Waals surface area (Å²) in [5.41, 5.74) is 0.658. The quantitative estimate of drug-likeness (QED) is 0.509. The molecule has 1 amide bonds. The summed E-state index contributed by atoms with van der Waals surface area (Å²) in [7, 11) is 1.60. The van der Waals surface area contributed by atoms with Crippen molar-refractivity contribution in [2.75, 3.05) is 18.2 Å². The molecule has 1 heterocycles. The van der Waals surface area contributed by atoms with Gasteiger partial charge in [0.25, 0.3) is 0 Å². The second-order valence-electron chi connectivity index (χ2n) is 5.93. The Labute approximate surface area is 178 Å². The monoisotopic (exact) mass is 432 g/mol. The van der Waals surface area contributed by atoms with Crippen LogP contribution < -0.4 is 14.8 Å². The van der Waals surface area contributed by atoms with Crippen LogP contribution in [0.2, 0.25) is 5.02 Å².